The molecule has 1 aliphatic rings. The zero-order valence-electron chi connectivity index (χ0n) is 19.4. The second-order valence-electron chi connectivity index (χ2n) is 8.40. The Bertz CT molecular complexity index is 1440. The van der Waals surface area contributed by atoms with Crippen molar-refractivity contribution < 1.29 is 22.7 Å². The summed E-state index contributed by atoms with van der Waals surface area (Å²) in [6, 6.07) is 19.3. The van der Waals surface area contributed by atoms with Crippen molar-refractivity contribution in [2.45, 2.75) is 25.0 Å². The Kier molecular flexibility index (Phi) is 7.06. The van der Waals surface area contributed by atoms with Crippen LogP contribution in [0.25, 0.3) is 16.6 Å². The number of aromatic nitrogens is 2. The van der Waals surface area contributed by atoms with Crippen LogP contribution in [0.4, 0.5) is 18.9 Å². The van der Waals surface area contributed by atoms with E-state index in [-0.39, 0.29) is 18.1 Å². The lowest BCUT2D eigenvalue weighted by atomic mass is 10.1. The fourth-order valence-corrected chi connectivity index (χ4v) is 5.09. The summed E-state index contributed by atoms with van der Waals surface area (Å²) in [5, 5.41) is 7.12. The highest BCUT2D eigenvalue weighted by molar-refractivity contribution is 7.43. The number of hydrogen-bond donors (Lipinski definition) is 2. The molecule has 5 rings (SSSR count). The van der Waals surface area contributed by atoms with Crippen LogP contribution in [0.3, 0.4) is 0 Å². The SMILES string of the molecule is O=C(CC1NC(c2ccc(C(F)(F)F)nc2)=CP1)Nc1ccc(OCc2ccnc3ccccc23)cc1. The molecule has 1 aliphatic heterocycles. The molecule has 2 unspecified atom stereocenters. The summed E-state index contributed by atoms with van der Waals surface area (Å²) in [4.78, 5) is 20.4. The lowest BCUT2D eigenvalue weighted by Crippen LogP contribution is -2.25. The van der Waals surface area contributed by atoms with Crippen molar-refractivity contribution in [3.63, 3.8) is 0 Å². The van der Waals surface area contributed by atoms with Crippen molar-refractivity contribution in [2.24, 2.45) is 0 Å². The number of amides is 1. The molecule has 0 radical (unpaired) electrons. The molecule has 1 amide bonds. The van der Waals surface area contributed by atoms with Gasteiger partial charge >= 0.3 is 6.18 Å². The first-order valence-electron chi connectivity index (χ1n) is 11.5. The quantitative estimate of drug-likeness (QED) is 0.284. The number of carbonyl (C=O) groups excluding carboxylic acids is 1. The van der Waals surface area contributed by atoms with Gasteiger partial charge in [-0.15, -0.1) is 0 Å². The summed E-state index contributed by atoms with van der Waals surface area (Å²) in [7, 11) is 0.314. The van der Waals surface area contributed by atoms with Crippen molar-refractivity contribution in [1.29, 1.82) is 0 Å². The molecule has 0 spiro atoms. The van der Waals surface area contributed by atoms with E-state index in [1.165, 1.54) is 12.3 Å². The van der Waals surface area contributed by atoms with Gasteiger partial charge in [0.1, 0.15) is 18.1 Å². The fraction of sp³-hybridized carbons (Fsp3) is 0.148. The van der Waals surface area contributed by atoms with Gasteiger partial charge in [-0.05, 0) is 54.3 Å². The predicted octanol–water partition coefficient (Wildman–Crippen LogP) is 6.16. The maximum absolute atomic E-state index is 12.7. The van der Waals surface area contributed by atoms with Crippen molar-refractivity contribution in [1.82, 2.24) is 15.3 Å². The van der Waals surface area contributed by atoms with Crippen molar-refractivity contribution in [3.8, 4) is 5.75 Å². The van der Waals surface area contributed by atoms with Gasteiger partial charge in [-0.2, -0.15) is 13.2 Å². The van der Waals surface area contributed by atoms with Crippen LogP contribution in [-0.4, -0.2) is 21.7 Å². The molecule has 2 aromatic heterocycles. The summed E-state index contributed by atoms with van der Waals surface area (Å²) < 4.78 is 44.1. The van der Waals surface area contributed by atoms with Crippen molar-refractivity contribution in [2.75, 3.05) is 5.32 Å². The number of benzene rings is 2. The third kappa shape index (κ3) is 6.06. The monoisotopic (exact) mass is 522 g/mol. The molecule has 0 bridgehead atoms. The zero-order chi connectivity index (χ0) is 25.8. The van der Waals surface area contributed by atoms with Gasteiger partial charge in [-0.3, -0.25) is 14.8 Å². The second-order valence-corrected chi connectivity index (χ2v) is 9.72. The van der Waals surface area contributed by atoms with E-state index < -0.39 is 11.9 Å². The number of anilines is 1. The van der Waals surface area contributed by atoms with E-state index in [0.717, 1.165) is 22.5 Å². The standard InChI is InChI=1S/C27H22F3N4O2P/c28-27(29,30)24-10-5-17(14-32-24)23-16-37-26(34-23)13-25(35)33-19-6-8-20(9-7-19)36-15-18-11-12-31-22-4-2-1-3-21(18)22/h1-12,14,16,26,34,37H,13,15H2,(H,33,35). The Balaban J connectivity index is 1.11. The number of rotatable bonds is 7. The molecule has 0 aliphatic carbocycles. The number of halogens is 3. The van der Waals surface area contributed by atoms with Crippen LogP contribution in [0.1, 0.15) is 23.2 Å². The van der Waals surface area contributed by atoms with Crippen LogP contribution in [0.2, 0.25) is 0 Å². The Morgan fingerprint density at radius 1 is 1.03 bits per heavy atom. The van der Waals surface area contributed by atoms with Gasteiger partial charge in [0, 0.05) is 40.3 Å². The van der Waals surface area contributed by atoms with Gasteiger partial charge < -0.3 is 15.4 Å². The molecule has 2 N–H and O–H groups in total. The van der Waals surface area contributed by atoms with E-state index in [4.69, 9.17) is 4.74 Å². The molecule has 3 heterocycles. The minimum absolute atomic E-state index is 0.130. The van der Waals surface area contributed by atoms with Gasteiger partial charge in [-0.25, -0.2) is 0 Å². The topological polar surface area (TPSA) is 76.1 Å². The van der Waals surface area contributed by atoms with Gasteiger partial charge in [-0.1, -0.05) is 26.8 Å². The van der Waals surface area contributed by atoms with Crippen molar-refractivity contribution in [3.05, 3.63) is 102 Å². The number of carbonyl (C=O) groups is 1. The van der Waals surface area contributed by atoms with E-state index in [9.17, 15) is 18.0 Å². The number of pyridine rings is 2. The van der Waals surface area contributed by atoms with E-state index in [2.05, 4.69) is 20.6 Å². The Hall–Kier alpha value is -3.97. The first kappa shape index (κ1) is 24.7. The van der Waals surface area contributed by atoms with Gasteiger partial charge in [0.25, 0.3) is 0 Å². The third-order valence-corrected chi connectivity index (χ3v) is 6.99. The molecular weight excluding hydrogens is 500 g/mol. The van der Waals surface area contributed by atoms with E-state index in [1.54, 1.807) is 30.5 Å². The summed E-state index contributed by atoms with van der Waals surface area (Å²) in [5.74, 6) is 2.27. The Labute approximate surface area is 212 Å². The highest BCUT2D eigenvalue weighted by atomic mass is 31.1. The molecule has 2 aromatic carbocycles. The summed E-state index contributed by atoms with van der Waals surface area (Å²) in [5.41, 5.74) is 2.90. The van der Waals surface area contributed by atoms with Gasteiger partial charge in [0.2, 0.25) is 5.91 Å². The summed E-state index contributed by atoms with van der Waals surface area (Å²) in [6.07, 6.45) is -1.30. The zero-order valence-corrected chi connectivity index (χ0v) is 20.4. The average molecular weight is 522 g/mol. The number of alkyl halides is 3. The van der Waals surface area contributed by atoms with Crippen LogP contribution in [0.15, 0.2) is 84.9 Å². The molecule has 37 heavy (non-hydrogen) atoms. The molecule has 6 nitrogen and oxygen atoms in total. The Morgan fingerprint density at radius 3 is 2.59 bits per heavy atom. The molecule has 0 fully saturated rings. The third-order valence-electron chi connectivity index (χ3n) is 5.78. The maximum Gasteiger partial charge on any atom is 0.433 e. The Morgan fingerprint density at radius 2 is 1.84 bits per heavy atom. The van der Waals surface area contributed by atoms with Gasteiger partial charge in [0.05, 0.1) is 17.7 Å². The minimum atomic E-state index is -4.47. The number of ether oxygens (including phenoxy) is 1. The molecule has 10 heteroatoms. The smallest absolute Gasteiger partial charge is 0.433 e. The number of para-hydroxylation sites is 1. The van der Waals surface area contributed by atoms with Crippen LogP contribution in [0, 0.1) is 0 Å². The van der Waals surface area contributed by atoms with E-state index >= 15 is 0 Å². The highest BCUT2D eigenvalue weighted by Gasteiger charge is 2.32. The summed E-state index contributed by atoms with van der Waals surface area (Å²) in [6.45, 7) is 0.396. The van der Waals surface area contributed by atoms with Crippen LogP contribution in [-0.2, 0) is 17.6 Å². The highest BCUT2D eigenvalue weighted by Crippen LogP contribution is 2.35. The molecule has 4 aromatic rings. The number of fused-ring (bicyclic) bond motifs is 1. The first-order chi connectivity index (χ1) is 17.8. The van der Waals surface area contributed by atoms with E-state index in [0.29, 0.717) is 37.9 Å². The minimum Gasteiger partial charge on any atom is -0.489 e. The molecule has 2 atom stereocenters. The fourth-order valence-electron chi connectivity index (χ4n) is 3.93. The maximum atomic E-state index is 12.7. The normalized spacial score (nSPS) is 15.9. The number of nitrogens with one attached hydrogen (secondary N) is 2. The van der Waals surface area contributed by atoms with Crippen LogP contribution in [0.5, 0.6) is 5.75 Å². The average Bonchev–Trinajstić information content (AvgIpc) is 3.36. The largest absolute Gasteiger partial charge is 0.489 e. The second kappa shape index (κ2) is 10.6. The number of hydrogen-bond acceptors (Lipinski definition) is 5. The number of nitrogens with zero attached hydrogens (tertiary/aromatic N) is 2. The molecule has 0 saturated heterocycles. The lowest BCUT2D eigenvalue weighted by Gasteiger charge is -2.14. The lowest BCUT2D eigenvalue weighted by molar-refractivity contribution is -0.141. The molecular formula is C27H22F3N4O2P. The van der Waals surface area contributed by atoms with Crippen molar-refractivity contribution >= 4 is 36.8 Å². The first-order valence-corrected chi connectivity index (χ1v) is 12.6. The van der Waals surface area contributed by atoms with Gasteiger partial charge in [0.15, 0.2) is 0 Å². The summed E-state index contributed by atoms with van der Waals surface area (Å²) >= 11 is 0. The van der Waals surface area contributed by atoms with E-state index in [1.807, 2.05) is 36.1 Å². The van der Waals surface area contributed by atoms with Crippen LogP contribution < -0.4 is 15.4 Å². The van der Waals surface area contributed by atoms with Crippen LogP contribution >= 0.6 is 8.58 Å². The molecule has 0 saturated carbocycles. The molecule has 188 valence electrons. The predicted molar refractivity (Wildman–Crippen MR) is 138 cm³/mol.